The fourth-order valence-electron chi connectivity index (χ4n) is 3.79. The van der Waals surface area contributed by atoms with Gasteiger partial charge in [0.2, 0.25) is 5.91 Å². The van der Waals surface area contributed by atoms with Crippen LogP contribution in [0.15, 0.2) is 72.8 Å². The lowest BCUT2D eigenvalue weighted by Crippen LogP contribution is -2.22. The third-order valence-corrected chi connectivity index (χ3v) is 5.11. The van der Waals surface area contributed by atoms with Gasteiger partial charge in [-0.05, 0) is 45.8 Å². The zero-order valence-electron chi connectivity index (χ0n) is 16.2. The van der Waals surface area contributed by atoms with E-state index in [1.165, 1.54) is 16.3 Å². The molecule has 1 N–H and O–H groups in total. The second kappa shape index (κ2) is 7.73. The van der Waals surface area contributed by atoms with Gasteiger partial charge in [0.1, 0.15) is 5.75 Å². The predicted molar refractivity (Wildman–Crippen MR) is 116 cm³/mol. The SMILES string of the molecule is COc1c(-c2ccc3ccccc3c2)cc(CCNC(C)=O)c2ccccc12. The summed E-state index contributed by atoms with van der Waals surface area (Å²) in [7, 11) is 1.73. The van der Waals surface area contributed by atoms with E-state index in [4.69, 9.17) is 4.74 Å². The van der Waals surface area contributed by atoms with Crippen molar-refractivity contribution in [1.82, 2.24) is 5.32 Å². The largest absolute Gasteiger partial charge is 0.495 e. The van der Waals surface area contributed by atoms with E-state index in [0.717, 1.165) is 34.1 Å². The average Bonchev–Trinajstić information content (AvgIpc) is 2.72. The zero-order chi connectivity index (χ0) is 19.5. The lowest BCUT2D eigenvalue weighted by Gasteiger charge is -2.17. The molecule has 0 aromatic heterocycles. The third-order valence-electron chi connectivity index (χ3n) is 5.11. The Morgan fingerprint density at radius 2 is 1.61 bits per heavy atom. The topological polar surface area (TPSA) is 38.3 Å². The summed E-state index contributed by atoms with van der Waals surface area (Å²) >= 11 is 0. The molecule has 0 aliphatic carbocycles. The summed E-state index contributed by atoms with van der Waals surface area (Å²) < 4.78 is 5.85. The van der Waals surface area contributed by atoms with Gasteiger partial charge in [0.25, 0.3) is 0 Å². The molecule has 0 saturated carbocycles. The Morgan fingerprint density at radius 1 is 0.893 bits per heavy atom. The van der Waals surface area contributed by atoms with Crippen molar-refractivity contribution >= 4 is 27.5 Å². The van der Waals surface area contributed by atoms with Crippen molar-refractivity contribution in [2.24, 2.45) is 0 Å². The highest BCUT2D eigenvalue weighted by Gasteiger charge is 2.14. The van der Waals surface area contributed by atoms with Crippen LogP contribution in [0.1, 0.15) is 12.5 Å². The Kier molecular flexibility index (Phi) is 4.98. The van der Waals surface area contributed by atoms with Crippen LogP contribution in [0.5, 0.6) is 5.75 Å². The van der Waals surface area contributed by atoms with E-state index in [0.29, 0.717) is 6.54 Å². The second-order valence-corrected chi connectivity index (χ2v) is 6.96. The van der Waals surface area contributed by atoms with Crippen LogP contribution in [0, 0.1) is 0 Å². The highest BCUT2D eigenvalue weighted by atomic mass is 16.5. The van der Waals surface area contributed by atoms with E-state index >= 15 is 0 Å². The van der Waals surface area contributed by atoms with Crippen molar-refractivity contribution < 1.29 is 9.53 Å². The van der Waals surface area contributed by atoms with E-state index < -0.39 is 0 Å². The number of fused-ring (bicyclic) bond motifs is 2. The highest BCUT2D eigenvalue weighted by Crippen LogP contribution is 2.39. The van der Waals surface area contributed by atoms with Gasteiger partial charge in [-0.15, -0.1) is 0 Å². The van der Waals surface area contributed by atoms with Crippen LogP contribution >= 0.6 is 0 Å². The van der Waals surface area contributed by atoms with E-state index in [1.54, 1.807) is 14.0 Å². The van der Waals surface area contributed by atoms with Crippen molar-refractivity contribution in [3.63, 3.8) is 0 Å². The molecule has 0 aliphatic heterocycles. The molecule has 140 valence electrons. The number of methoxy groups -OCH3 is 1. The fraction of sp³-hybridized carbons (Fsp3) is 0.160. The third kappa shape index (κ3) is 3.44. The lowest BCUT2D eigenvalue weighted by atomic mass is 9.93. The van der Waals surface area contributed by atoms with Crippen LogP contribution in [0.3, 0.4) is 0 Å². The molecule has 0 spiro atoms. The van der Waals surface area contributed by atoms with Crippen LogP contribution < -0.4 is 10.1 Å². The molecule has 3 heteroatoms. The summed E-state index contributed by atoms with van der Waals surface area (Å²) in [5, 5.41) is 7.58. The maximum Gasteiger partial charge on any atom is 0.216 e. The van der Waals surface area contributed by atoms with Crippen LogP contribution in [0.2, 0.25) is 0 Å². The molecule has 0 unspecified atom stereocenters. The van der Waals surface area contributed by atoms with Crippen LogP contribution in [0.25, 0.3) is 32.7 Å². The minimum atomic E-state index is -0.00688. The first-order valence-corrected chi connectivity index (χ1v) is 9.49. The van der Waals surface area contributed by atoms with Crippen LogP contribution in [-0.2, 0) is 11.2 Å². The second-order valence-electron chi connectivity index (χ2n) is 6.96. The fourth-order valence-corrected chi connectivity index (χ4v) is 3.79. The number of rotatable bonds is 5. The first kappa shape index (κ1) is 18.1. The standard InChI is InChI=1S/C25H23NO2/c1-17(27)26-14-13-21-16-24(25(28-2)23-10-6-5-9-22(21)23)20-12-11-18-7-3-4-8-19(18)15-20/h3-12,15-16H,13-14H2,1-2H3,(H,26,27). The molecule has 1 amide bonds. The highest BCUT2D eigenvalue weighted by molar-refractivity contribution is 5.99. The van der Waals surface area contributed by atoms with Crippen molar-refractivity contribution in [3.8, 4) is 16.9 Å². The van der Waals surface area contributed by atoms with Crippen LogP contribution in [-0.4, -0.2) is 19.6 Å². The number of carbonyl (C=O) groups is 1. The zero-order valence-corrected chi connectivity index (χ0v) is 16.2. The molecular formula is C25H23NO2. The molecule has 4 rings (SSSR count). The van der Waals surface area contributed by atoms with Crippen molar-refractivity contribution in [2.45, 2.75) is 13.3 Å². The average molecular weight is 369 g/mol. The smallest absolute Gasteiger partial charge is 0.216 e. The summed E-state index contributed by atoms with van der Waals surface area (Å²) in [5.74, 6) is 0.877. The Bertz CT molecular complexity index is 1160. The van der Waals surface area contributed by atoms with Gasteiger partial charge in [-0.25, -0.2) is 0 Å². The van der Waals surface area contributed by atoms with Crippen molar-refractivity contribution in [1.29, 1.82) is 0 Å². The molecule has 0 saturated heterocycles. The quantitative estimate of drug-likeness (QED) is 0.515. The molecule has 0 bridgehead atoms. The van der Waals surface area contributed by atoms with E-state index in [1.807, 2.05) is 12.1 Å². The van der Waals surface area contributed by atoms with Crippen molar-refractivity contribution in [2.75, 3.05) is 13.7 Å². The molecule has 0 fully saturated rings. The summed E-state index contributed by atoms with van der Waals surface area (Å²) in [5.41, 5.74) is 3.40. The van der Waals surface area contributed by atoms with Gasteiger partial charge >= 0.3 is 0 Å². The molecule has 0 radical (unpaired) electrons. The molecule has 28 heavy (non-hydrogen) atoms. The molecule has 0 aliphatic rings. The number of benzene rings is 4. The lowest BCUT2D eigenvalue weighted by molar-refractivity contribution is -0.118. The summed E-state index contributed by atoms with van der Waals surface area (Å²) in [6, 6.07) is 25.4. The van der Waals surface area contributed by atoms with E-state index in [-0.39, 0.29) is 5.91 Å². The van der Waals surface area contributed by atoms with Gasteiger partial charge in [0.15, 0.2) is 0 Å². The predicted octanol–water partition coefficient (Wildman–Crippen LogP) is 5.35. The Labute approximate surface area is 165 Å². The molecule has 4 aromatic rings. The van der Waals surface area contributed by atoms with Gasteiger partial charge < -0.3 is 10.1 Å². The summed E-state index contributed by atoms with van der Waals surface area (Å²) in [6.45, 7) is 2.16. The first-order chi connectivity index (χ1) is 13.7. The molecule has 0 heterocycles. The van der Waals surface area contributed by atoms with Gasteiger partial charge in [-0.2, -0.15) is 0 Å². The number of carbonyl (C=O) groups excluding carboxylic acids is 1. The van der Waals surface area contributed by atoms with Gasteiger partial charge in [0, 0.05) is 24.4 Å². The Balaban J connectivity index is 1.89. The Morgan fingerprint density at radius 3 is 2.36 bits per heavy atom. The summed E-state index contributed by atoms with van der Waals surface area (Å²) in [6.07, 6.45) is 0.769. The van der Waals surface area contributed by atoms with Crippen LogP contribution in [0.4, 0.5) is 0 Å². The molecule has 0 atom stereocenters. The minimum absolute atomic E-state index is 0.00688. The number of hydrogen-bond acceptors (Lipinski definition) is 2. The number of amides is 1. The Hall–Kier alpha value is -3.33. The summed E-state index contributed by atoms with van der Waals surface area (Å²) in [4.78, 5) is 11.3. The molecule has 4 aromatic carbocycles. The first-order valence-electron chi connectivity index (χ1n) is 9.49. The normalized spacial score (nSPS) is 10.9. The maximum absolute atomic E-state index is 11.3. The number of ether oxygens (including phenoxy) is 1. The number of hydrogen-bond donors (Lipinski definition) is 1. The minimum Gasteiger partial charge on any atom is -0.495 e. The van der Waals surface area contributed by atoms with E-state index in [9.17, 15) is 4.79 Å². The molecular weight excluding hydrogens is 346 g/mol. The monoisotopic (exact) mass is 369 g/mol. The van der Waals surface area contributed by atoms with Gasteiger partial charge in [-0.1, -0.05) is 60.7 Å². The van der Waals surface area contributed by atoms with Crippen molar-refractivity contribution in [3.05, 3.63) is 78.4 Å². The maximum atomic E-state index is 11.3. The van der Waals surface area contributed by atoms with Gasteiger partial charge in [-0.3, -0.25) is 4.79 Å². The van der Waals surface area contributed by atoms with E-state index in [2.05, 4.69) is 66.0 Å². The molecule has 3 nitrogen and oxygen atoms in total. The van der Waals surface area contributed by atoms with Gasteiger partial charge in [0.05, 0.1) is 7.11 Å². The number of nitrogens with one attached hydrogen (secondary N) is 1.